The van der Waals surface area contributed by atoms with Crippen molar-refractivity contribution in [2.45, 2.75) is 33.5 Å². The second kappa shape index (κ2) is 6.25. The Morgan fingerprint density at radius 3 is 2.31 bits per heavy atom. The third-order valence-electron chi connectivity index (χ3n) is 1.48. The van der Waals surface area contributed by atoms with Crippen LogP contribution >= 0.6 is 0 Å². The molecule has 0 aromatic carbocycles. The Labute approximate surface area is 96.8 Å². The summed E-state index contributed by atoms with van der Waals surface area (Å²) < 4.78 is 10.4. The Bertz CT molecular complexity index is 338. The van der Waals surface area contributed by atoms with Crippen LogP contribution in [-0.2, 0) is 14.0 Å². The fourth-order valence-corrected chi connectivity index (χ4v) is 1.84. The normalized spacial score (nSPS) is 11.7. The smallest absolute Gasteiger partial charge is 0.438 e. The lowest BCUT2D eigenvalue weighted by Crippen LogP contribution is -2.31. The number of nitrogens with zero attached hydrogens (tertiary/aromatic N) is 2. The van der Waals surface area contributed by atoms with E-state index >= 15 is 0 Å². The molecule has 0 rings (SSSR count). The number of allylic oxidation sites excluding steroid dienone is 1. The van der Waals surface area contributed by atoms with Gasteiger partial charge in [-0.3, -0.25) is 0 Å². The molecule has 6 heteroatoms. The summed E-state index contributed by atoms with van der Waals surface area (Å²) in [6.07, 6.45) is 1.59. The molecular weight excluding hydrogens is 224 g/mol. The topological polar surface area (TPSA) is 71.9 Å². The van der Waals surface area contributed by atoms with Crippen molar-refractivity contribution < 1.29 is 18.7 Å². The monoisotopic (exact) mass is 242 g/mol. The van der Waals surface area contributed by atoms with Crippen LogP contribution in [0.15, 0.2) is 11.8 Å². The van der Waals surface area contributed by atoms with Crippen molar-refractivity contribution >= 4 is 20.0 Å². The van der Waals surface area contributed by atoms with E-state index < -0.39 is 14.3 Å². The second-order valence-corrected chi connectivity index (χ2v) is 8.47. The van der Waals surface area contributed by atoms with Gasteiger partial charge in [0.25, 0.3) is 0 Å². The molecule has 0 N–H and O–H groups in total. The highest BCUT2D eigenvalue weighted by Crippen LogP contribution is 2.11. The molecule has 0 aliphatic heterocycles. The van der Waals surface area contributed by atoms with E-state index in [1.165, 1.54) is 0 Å². The number of carbonyl (C=O) groups is 1. The minimum Gasteiger partial charge on any atom is -0.539 e. The zero-order chi connectivity index (χ0) is 12.8. The van der Waals surface area contributed by atoms with Crippen molar-refractivity contribution in [1.82, 2.24) is 0 Å². The van der Waals surface area contributed by atoms with E-state index in [4.69, 9.17) is 14.7 Å². The number of hydrogen-bond acceptors (Lipinski definition) is 3. The van der Waals surface area contributed by atoms with Crippen molar-refractivity contribution in [3.8, 4) is 0 Å². The molecule has 0 aromatic rings. The third kappa shape index (κ3) is 4.91. The first-order chi connectivity index (χ1) is 7.35. The summed E-state index contributed by atoms with van der Waals surface area (Å²) >= 11 is 0. The quantitative estimate of drug-likeness (QED) is 0.185. The van der Waals surface area contributed by atoms with Crippen molar-refractivity contribution in [2.75, 3.05) is 6.61 Å². The van der Waals surface area contributed by atoms with E-state index in [1.807, 2.05) is 19.6 Å². The summed E-state index contributed by atoms with van der Waals surface area (Å²) in [5.74, 6) is -0.420. The lowest BCUT2D eigenvalue weighted by Gasteiger charge is -2.18. The molecule has 0 atom stereocenters. The molecule has 5 nitrogen and oxygen atoms in total. The summed E-state index contributed by atoms with van der Waals surface area (Å²) in [5.41, 5.74) is 8.61. The van der Waals surface area contributed by atoms with Gasteiger partial charge in [-0.1, -0.05) is 0 Å². The molecule has 0 saturated heterocycles. The van der Waals surface area contributed by atoms with Crippen LogP contribution in [0, 0.1) is 0 Å². The average Bonchev–Trinajstić information content (AvgIpc) is 2.16. The van der Waals surface area contributed by atoms with Gasteiger partial charge in [0.2, 0.25) is 8.32 Å². The van der Waals surface area contributed by atoms with Gasteiger partial charge in [0, 0.05) is 0 Å². The molecule has 0 fully saturated rings. The standard InChI is InChI=1S/C10H18N2O3Si/c1-6-8(15-16(3,4)5)9(12-11)10(13)14-7-2/h6H,7H2,1-5H3/b8-6-. The number of carbonyl (C=O) groups excluding carboxylic acids is 1. The zero-order valence-corrected chi connectivity index (χ0v) is 11.4. The van der Waals surface area contributed by atoms with E-state index in [1.54, 1.807) is 19.9 Å². The predicted molar refractivity (Wildman–Crippen MR) is 63.4 cm³/mol. The molecule has 0 spiro atoms. The van der Waals surface area contributed by atoms with Crippen LogP contribution in [0.2, 0.25) is 19.6 Å². The molecule has 0 aliphatic carbocycles. The van der Waals surface area contributed by atoms with Crippen LogP contribution in [0.3, 0.4) is 0 Å². The SMILES string of the molecule is C/C=C(\O[Si](C)(C)C)C(=[N+]=[N-])C(=O)OCC. The molecule has 0 unspecified atom stereocenters. The first-order valence-corrected chi connectivity index (χ1v) is 8.51. The van der Waals surface area contributed by atoms with E-state index in [0.29, 0.717) is 0 Å². The molecule has 16 heavy (non-hydrogen) atoms. The van der Waals surface area contributed by atoms with Crippen LogP contribution in [0.1, 0.15) is 13.8 Å². The van der Waals surface area contributed by atoms with Crippen LogP contribution in [0.4, 0.5) is 0 Å². The van der Waals surface area contributed by atoms with Gasteiger partial charge in [0.1, 0.15) is 0 Å². The summed E-state index contributed by atoms with van der Waals surface area (Å²) in [6, 6.07) is 0. The summed E-state index contributed by atoms with van der Waals surface area (Å²) in [5, 5.41) is 0. The fraction of sp³-hybridized carbons (Fsp3) is 0.600. The molecule has 0 bridgehead atoms. The number of ether oxygens (including phenoxy) is 1. The Kier molecular flexibility index (Phi) is 5.70. The van der Waals surface area contributed by atoms with Gasteiger partial charge in [-0.25, -0.2) is 4.79 Å². The predicted octanol–water partition coefficient (Wildman–Crippen LogP) is 1.98. The van der Waals surface area contributed by atoms with Crippen LogP contribution < -0.4 is 0 Å². The van der Waals surface area contributed by atoms with Crippen molar-refractivity contribution in [2.24, 2.45) is 0 Å². The number of esters is 1. The van der Waals surface area contributed by atoms with E-state index in [9.17, 15) is 4.79 Å². The van der Waals surface area contributed by atoms with Gasteiger partial charge in [0.15, 0.2) is 5.76 Å². The van der Waals surface area contributed by atoms with E-state index in [0.717, 1.165) is 0 Å². The Morgan fingerprint density at radius 2 is 2.00 bits per heavy atom. The lowest BCUT2D eigenvalue weighted by molar-refractivity contribution is -0.139. The molecule has 0 radical (unpaired) electrons. The largest absolute Gasteiger partial charge is 0.539 e. The first kappa shape index (κ1) is 14.6. The van der Waals surface area contributed by atoms with Gasteiger partial charge in [0.05, 0.1) is 6.61 Å². The molecule has 90 valence electrons. The van der Waals surface area contributed by atoms with Crippen LogP contribution in [0.5, 0.6) is 0 Å². The summed E-state index contributed by atoms with van der Waals surface area (Å²) in [7, 11) is -1.86. The highest BCUT2D eigenvalue weighted by Gasteiger charge is 2.31. The first-order valence-electron chi connectivity index (χ1n) is 5.10. The Hall–Kier alpha value is -1.39. The molecule has 0 heterocycles. The molecular formula is C10H18N2O3Si. The summed E-state index contributed by atoms with van der Waals surface area (Å²) in [4.78, 5) is 14.4. The van der Waals surface area contributed by atoms with Gasteiger partial charge in [-0.2, -0.15) is 4.79 Å². The number of rotatable bonds is 5. The molecule has 0 amide bonds. The summed E-state index contributed by atoms with van der Waals surface area (Å²) in [6.45, 7) is 9.52. The second-order valence-electron chi connectivity index (χ2n) is 4.04. The van der Waals surface area contributed by atoms with E-state index in [-0.39, 0.29) is 18.1 Å². The van der Waals surface area contributed by atoms with Crippen molar-refractivity contribution in [1.29, 1.82) is 0 Å². The zero-order valence-electron chi connectivity index (χ0n) is 10.4. The maximum Gasteiger partial charge on any atom is 0.438 e. The van der Waals surface area contributed by atoms with Gasteiger partial charge in [-0.15, -0.1) is 0 Å². The maximum atomic E-state index is 11.4. The molecule has 0 saturated carbocycles. The third-order valence-corrected chi connectivity index (χ3v) is 2.31. The van der Waals surface area contributed by atoms with Crippen molar-refractivity contribution in [3.05, 3.63) is 17.4 Å². The minimum absolute atomic E-state index is 0.188. The minimum atomic E-state index is -1.86. The van der Waals surface area contributed by atoms with E-state index in [2.05, 4.69) is 4.79 Å². The lowest BCUT2D eigenvalue weighted by atomic mass is 10.3. The highest BCUT2D eigenvalue weighted by molar-refractivity contribution is 6.70. The molecule has 0 aliphatic rings. The highest BCUT2D eigenvalue weighted by atomic mass is 28.4. The van der Waals surface area contributed by atoms with Crippen molar-refractivity contribution in [3.63, 3.8) is 0 Å². The molecule has 0 aromatic heterocycles. The van der Waals surface area contributed by atoms with Gasteiger partial charge >= 0.3 is 11.7 Å². The Balaban J connectivity index is 4.96. The van der Waals surface area contributed by atoms with Crippen LogP contribution in [-0.4, -0.2) is 31.4 Å². The van der Waals surface area contributed by atoms with Gasteiger partial charge in [-0.05, 0) is 39.6 Å². The van der Waals surface area contributed by atoms with Gasteiger partial charge < -0.3 is 14.7 Å². The van der Waals surface area contributed by atoms with Crippen LogP contribution in [0.25, 0.3) is 5.53 Å². The maximum absolute atomic E-state index is 11.4. The average molecular weight is 242 g/mol. The number of hydrogen-bond donors (Lipinski definition) is 0. The fourth-order valence-electron chi connectivity index (χ4n) is 0.964. The Morgan fingerprint density at radius 1 is 1.44 bits per heavy atom.